The van der Waals surface area contributed by atoms with Crippen LogP contribution in [0.4, 0.5) is 0 Å². The van der Waals surface area contributed by atoms with Crippen LogP contribution >= 0.6 is 11.3 Å². The smallest absolute Gasteiger partial charge is 0.336 e. The normalized spacial score (nSPS) is 11.5. The summed E-state index contributed by atoms with van der Waals surface area (Å²) >= 11 is 1.43. The summed E-state index contributed by atoms with van der Waals surface area (Å²) in [4.78, 5) is 38.1. The summed E-state index contributed by atoms with van der Waals surface area (Å²) in [5.74, 6) is -0.652. The molecule has 0 radical (unpaired) electrons. The Morgan fingerprint density at radius 2 is 1.73 bits per heavy atom. The van der Waals surface area contributed by atoms with E-state index < -0.39 is 17.8 Å². The fourth-order valence-corrected chi connectivity index (χ4v) is 3.65. The van der Waals surface area contributed by atoms with Crippen LogP contribution in [0, 0.1) is 0 Å². The third kappa shape index (κ3) is 7.74. The van der Waals surface area contributed by atoms with Gasteiger partial charge in [0.05, 0.1) is 12.5 Å². The summed E-state index contributed by atoms with van der Waals surface area (Å²) in [5, 5.41) is 8.50. The van der Waals surface area contributed by atoms with Gasteiger partial charge in [0.15, 0.2) is 0 Å². The van der Waals surface area contributed by atoms with E-state index in [2.05, 4.69) is 15.8 Å². The number of hydrogen-bond donors (Lipinski definition) is 2. The van der Waals surface area contributed by atoms with Gasteiger partial charge in [-0.1, -0.05) is 24.3 Å². The zero-order valence-corrected chi connectivity index (χ0v) is 20.2. The average Bonchev–Trinajstić information content (AvgIpc) is 3.63. The van der Waals surface area contributed by atoms with Crippen molar-refractivity contribution in [2.45, 2.75) is 0 Å². The first-order valence-corrected chi connectivity index (χ1v) is 11.9. The first kappa shape index (κ1) is 25.1. The lowest BCUT2D eigenvalue weighted by Gasteiger charge is -2.08. The zero-order valence-electron chi connectivity index (χ0n) is 19.4. The molecule has 0 fully saturated rings. The van der Waals surface area contributed by atoms with Crippen molar-refractivity contribution in [2.75, 3.05) is 0 Å². The van der Waals surface area contributed by atoms with E-state index in [1.807, 2.05) is 17.5 Å². The van der Waals surface area contributed by atoms with E-state index in [1.165, 1.54) is 36.0 Å². The molecule has 0 saturated heterocycles. The molecule has 2 amide bonds. The molecule has 2 N–H and O–H groups in total. The van der Waals surface area contributed by atoms with Crippen LogP contribution in [0.1, 0.15) is 26.6 Å². The van der Waals surface area contributed by atoms with Gasteiger partial charge in [-0.05, 0) is 77.7 Å². The van der Waals surface area contributed by atoms with Gasteiger partial charge in [0.1, 0.15) is 17.2 Å². The SMILES string of the molecule is O=C(C=Cc1ccco1)Oc1ccc(C=NNC(=O)C(=Cc2cccs2)NC(=O)c2ccccc2)cc1. The van der Waals surface area contributed by atoms with Crippen molar-refractivity contribution in [3.8, 4) is 5.75 Å². The van der Waals surface area contributed by atoms with Gasteiger partial charge < -0.3 is 14.5 Å². The third-order valence-corrected chi connectivity index (χ3v) is 5.58. The van der Waals surface area contributed by atoms with Crippen LogP contribution in [0.2, 0.25) is 0 Å². The van der Waals surface area contributed by atoms with Crippen LogP contribution in [0.5, 0.6) is 5.75 Å². The molecular formula is C28H21N3O5S. The Bertz CT molecular complexity index is 1420. The number of carbonyl (C=O) groups excluding carboxylic acids is 3. The molecule has 4 aromatic rings. The van der Waals surface area contributed by atoms with E-state index in [4.69, 9.17) is 9.15 Å². The van der Waals surface area contributed by atoms with Crippen molar-refractivity contribution >= 4 is 47.5 Å². The third-order valence-electron chi connectivity index (χ3n) is 4.76. The number of furan rings is 1. The van der Waals surface area contributed by atoms with Gasteiger partial charge in [-0.2, -0.15) is 5.10 Å². The summed E-state index contributed by atoms with van der Waals surface area (Å²) < 4.78 is 10.4. The Kier molecular flexibility index (Phi) is 8.55. The molecule has 0 aliphatic carbocycles. The lowest BCUT2D eigenvalue weighted by Crippen LogP contribution is -2.32. The van der Waals surface area contributed by atoms with E-state index in [1.54, 1.807) is 72.8 Å². The lowest BCUT2D eigenvalue weighted by molar-refractivity contribution is -0.128. The number of nitrogens with zero attached hydrogens (tertiary/aromatic N) is 1. The van der Waals surface area contributed by atoms with Crippen molar-refractivity contribution in [3.05, 3.63) is 124 Å². The van der Waals surface area contributed by atoms with Crippen molar-refractivity contribution < 1.29 is 23.5 Å². The maximum absolute atomic E-state index is 12.8. The maximum atomic E-state index is 12.8. The maximum Gasteiger partial charge on any atom is 0.336 e. The molecule has 0 unspecified atom stereocenters. The lowest BCUT2D eigenvalue weighted by atomic mass is 10.2. The number of thiophene rings is 1. The summed E-state index contributed by atoms with van der Waals surface area (Å²) in [7, 11) is 0. The number of amides is 2. The number of hydrogen-bond acceptors (Lipinski definition) is 7. The van der Waals surface area contributed by atoms with Gasteiger partial charge in [0.25, 0.3) is 11.8 Å². The molecule has 0 aliphatic heterocycles. The average molecular weight is 512 g/mol. The summed E-state index contributed by atoms with van der Waals surface area (Å²) in [6, 6.07) is 22.3. The van der Waals surface area contributed by atoms with Crippen molar-refractivity contribution in [1.29, 1.82) is 0 Å². The van der Waals surface area contributed by atoms with Crippen LogP contribution < -0.4 is 15.5 Å². The Morgan fingerprint density at radius 1 is 0.919 bits per heavy atom. The Labute approximate surface area is 216 Å². The van der Waals surface area contributed by atoms with Crippen molar-refractivity contribution in [2.24, 2.45) is 5.10 Å². The largest absolute Gasteiger partial charge is 0.465 e. The van der Waals surface area contributed by atoms with Crippen LogP contribution in [-0.2, 0) is 9.59 Å². The van der Waals surface area contributed by atoms with Crippen LogP contribution in [0.15, 0.2) is 112 Å². The molecule has 2 aromatic carbocycles. The van der Waals surface area contributed by atoms with E-state index in [0.717, 1.165) is 4.88 Å². The Balaban J connectivity index is 1.35. The minimum Gasteiger partial charge on any atom is -0.465 e. The van der Waals surface area contributed by atoms with Gasteiger partial charge in [-0.25, -0.2) is 10.2 Å². The van der Waals surface area contributed by atoms with Crippen LogP contribution in [0.3, 0.4) is 0 Å². The number of nitrogens with one attached hydrogen (secondary N) is 2. The second kappa shape index (κ2) is 12.6. The molecule has 0 spiro atoms. The monoisotopic (exact) mass is 511 g/mol. The molecule has 9 heteroatoms. The van der Waals surface area contributed by atoms with Crippen molar-refractivity contribution in [1.82, 2.24) is 10.7 Å². The molecule has 0 saturated carbocycles. The zero-order chi connectivity index (χ0) is 25.9. The highest BCUT2D eigenvalue weighted by Gasteiger charge is 2.14. The number of ether oxygens (including phenoxy) is 1. The second-order valence-corrected chi connectivity index (χ2v) is 8.41. The minimum absolute atomic E-state index is 0.0540. The number of hydrazone groups is 1. The molecule has 37 heavy (non-hydrogen) atoms. The van der Waals surface area contributed by atoms with Crippen molar-refractivity contribution in [3.63, 3.8) is 0 Å². The van der Waals surface area contributed by atoms with Gasteiger partial charge in [-0.3, -0.25) is 9.59 Å². The molecule has 8 nitrogen and oxygen atoms in total. The summed E-state index contributed by atoms with van der Waals surface area (Å²) in [6.45, 7) is 0. The topological polar surface area (TPSA) is 110 Å². The van der Waals surface area contributed by atoms with E-state index in [-0.39, 0.29) is 5.70 Å². The minimum atomic E-state index is -0.581. The highest BCUT2D eigenvalue weighted by Crippen LogP contribution is 2.14. The van der Waals surface area contributed by atoms with Gasteiger partial charge in [0.2, 0.25) is 0 Å². The fourth-order valence-electron chi connectivity index (χ4n) is 2.99. The second-order valence-electron chi connectivity index (χ2n) is 7.43. The number of esters is 1. The molecule has 2 heterocycles. The summed E-state index contributed by atoms with van der Waals surface area (Å²) in [5.41, 5.74) is 3.56. The predicted molar refractivity (Wildman–Crippen MR) is 142 cm³/mol. The molecule has 0 bridgehead atoms. The first-order valence-electron chi connectivity index (χ1n) is 11.1. The molecule has 184 valence electrons. The van der Waals surface area contributed by atoms with Crippen LogP contribution in [-0.4, -0.2) is 24.0 Å². The highest BCUT2D eigenvalue weighted by molar-refractivity contribution is 7.10. The number of benzene rings is 2. The first-order chi connectivity index (χ1) is 18.1. The summed E-state index contributed by atoms with van der Waals surface area (Å²) in [6.07, 6.45) is 7.30. The molecule has 4 rings (SSSR count). The molecule has 0 aliphatic rings. The van der Waals surface area contributed by atoms with Crippen LogP contribution in [0.25, 0.3) is 12.2 Å². The predicted octanol–water partition coefficient (Wildman–Crippen LogP) is 4.88. The number of carbonyl (C=O) groups is 3. The Morgan fingerprint density at radius 3 is 2.43 bits per heavy atom. The molecule has 2 aromatic heterocycles. The number of rotatable bonds is 9. The fraction of sp³-hybridized carbons (Fsp3) is 0. The quantitative estimate of drug-likeness (QED) is 0.109. The van der Waals surface area contributed by atoms with Gasteiger partial charge in [0, 0.05) is 16.5 Å². The van der Waals surface area contributed by atoms with Gasteiger partial charge >= 0.3 is 5.97 Å². The standard InChI is InChI=1S/C28H21N3O5S/c32-26(15-14-22-8-4-16-35-22)36-23-12-10-20(11-13-23)19-29-31-28(34)25(18-24-9-5-17-37-24)30-27(33)21-6-2-1-3-7-21/h1-19H,(H,30,33)(H,31,34). The van der Waals surface area contributed by atoms with E-state index in [0.29, 0.717) is 22.6 Å². The molecular weight excluding hydrogens is 490 g/mol. The molecule has 0 atom stereocenters. The van der Waals surface area contributed by atoms with E-state index in [9.17, 15) is 14.4 Å². The Hall–Kier alpha value is -5.02. The van der Waals surface area contributed by atoms with Gasteiger partial charge in [-0.15, -0.1) is 11.3 Å². The highest BCUT2D eigenvalue weighted by atomic mass is 32.1. The van der Waals surface area contributed by atoms with E-state index >= 15 is 0 Å².